The number of aryl methyl sites for hydroxylation is 1. The highest BCUT2D eigenvalue weighted by Crippen LogP contribution is 2.47. The summed E-state index contributed by atoms with van der Waals surface area (Å²) in [4.78, 5) is 20.6. The van der Waals surface area contributed by atoms with E-state index < -0.39 is 0 Å². The quantitative estimate of drug-likeness (QED) is 0.388. The number of nitrogens with zero attached hydrogens (tertiary/aromatic N) is 7. The summed E-state index contributed by atoms with van der Waals surface area (Å²) in [6.07, 6.45) is 8.50. The van der Waals surface area contributed by atoms with Gasteiger partial charge in [0, 0.05) is 31.2 Å². The van der Waals surface area contributed by atoms with Crippen molar-refractivity contribution in [1.29, 1.82) is 0 Å². The molecule has 0 amide bonds. The molecular formula is C24H26ClN9S. The lowest BCUT2D eigenvalue weighted by Crippen LogP contribution is -2.42. The Morgan fingerprint density at radius 3 is 2.94 bits per heavy atom. The van der Waals surface area contributed by atoms with Crippen molar-refractivity contribution in [1.82, 2.24) is 34.6 Å². The lowest BCUT2D eigenvalue weighted by molar-refractivity contribution is 0.127. The van der Waals surface area contributed by atoms with Gasteiger partial charge in [-0.3, -0.25) is 9.88 Å². The topological polar surface area (TPSA) is 111 Å². The van der Waals surface area contributed by atoms with Crippen LogP contribution in [0.15, 0.2) is 17.6 Å². The zero-order valence-electron chi connectivity index (χ0n) is 19.4. The van der Waals surface area contributed by atoms with Gasteiger partial charge in [0.25, 0.3) is 0 Å². The van der Waals surface area contributed by atoms with E-state index in [4.69, 9.17) is 22.3 Å². The summed E-state index contributed by atoms with van der Waals surface area (Å²) in [6, 6.07) is 2.93. The minimum absolute atomic E-state index is 0.150. The summed E-state index contributed by atoms with van der Waals surface area (Å²) in [5, 5.41) is 10.0. The molecule has 2 saturated carbocycles. The van der Waals surface area contributed by atoms with E-state index in [1.54, 1.807) is 0 Å². The van der Waals surface area contributed by atoms with Crippen molar-refractivity contribution in [2.75, 3.05) is 17.6 Å². The van der Waals surface area contributed by atoms with Crippen LogP contribution in [-0.4, -0.2) is 47.2 Å². The summed E-state index contributed by atoms with van der Waals surface area (Å²) in [7, 11) is 0. The van der Waals surface area contributed by atoms with Gasteiger partial charge < -0.3 is 11.1 Å². The standard InChI is InChI=1S/C24H26ClN9S/c1-12-11-35-20-19(12)29-22(25)30-21(20)34-23(26)31-24(32-34)28-16-8-15-10-33(5-4-17(15)27-9-16)18-7-13-2-3-14(18)6-13/h8-9,11,13-14,18H,2-7,10H2,1H3,(H3,26,28,31,32). The van der Waals surface area contributed by atoms with Gasteiger partial charge in [0.2, 0.25) is 17.2 Å². The second kappa shape index (κ2) is 8.11. The van der Waals surface area contributed by atoms with Gasteiger partial charge in [0.05, 0.1) is 22.1 Å². The first kappa shape index (κ1) is 21.5. The van der Waals surface area contributed by atoms with Crippen LogP contribution in [0.1, 0.15) is 42.5 Å². The maximum absolute atomic E-state index is 6.23. The van der Waals surface area contributed by atoms with Gasteiger partial charge in [-0.25, -0.2) is 4.98 Å². The molecule has 1 aliphatic heterocycles. The number of rotatable bonds is 4. The molecule has 3 unspecified atom stereocenters. The molecule has 3 atom stereocenters. The Balaban J connectivity index is 1.15. The highest BCUT2D eigenvalue weighted by atomic mass is 35.5. The largest absolute Gasteiger partial charge is 0.368 e. The van der Waals surface area contributed by atoms with Crippen molar-refractivity contribution in [3.05, 3.63) is 39.7 Å². The third-order valence-electron chi connectivity index (χ3n) is 7.88. The summed E-state index contributed by atoms with van der Waals surface area (Å²) in [5.41, 5.74) is 11.4. The molecule has 2 bridgehead atoms. The summed E-state index contributed by atoms with van der Waals surface area (Å²) in [5.74, 6) is 2.99. The van der Waals surface area contributed by atoms with Gasteiger partial charge in [0.15, 0.2) is 5.82 Å². The lowest BCUT2D eigenvalue weighted by atomic mass is 9.92. The molecule has 9 nitrogen and oxygen atoms in total. The van der Waals surface area contributed by atoms with Crippen LogP contribution in [0.4, 0.5) is 17.6 Å². The molecule has 0 saturated heterocycles. The van der Waals surface area contributed by atoms with Gasteiger partial charge in [-0.1, -0.05) is 6.42 Å². The van der Waals surface area contributed by atoms with Crippen molar-refractivity contribution in [2.24, 2.45) is 11.8 Å². The van der Waals surface area contributed by atoms with E-state index in [0.29, 0.717) is 11.8 Å². The Hall–Kier alpha value is -2.82. The van der Waals surface area contributed by atoms with Crippen LogP contribution < -0.4 is 11.1 Å². The van der Waals surface area contributed by atoms with Crippen LogP contribution in [0, 0.1) is 18.8 Å². The first-order valence-corrected chi connectivity index (χ1v) is 13.4. The summed E-state index contributed by atoms with van der Waals surface area (Å²) < 4.78 is 2.38. The van der Waals surface area contributed by atoms with Crippen LogP contribution in [-0.2, 0) is 13.0 Å². The highest BCUT2D eigenvalue weighted by molar-refractivity contribution is 7.17. The Morgan fingerprint density at radius 2 is 2.11 bits per heavy atom. The molecule has 3 N–H and O–H groups in total. The van der Waals surface area contributed by atoms with E-state index in [9.17, 15) is 0 Å². The number of nitrogens with one attached hydrogen (secondary N) is 1. The Labute approximate surface area is 211 Å². The smallest absolute Gasteiger partial charge is 0.248 e. The lowest BCUT2D eigenvalue weighted by Gasteiger charge is -2.37. The van der Waals surface area contributed by atoms with Crippen molar-refractivity contribution >= 4 is 50.7 Å². The summed E-state index contributed by atoms with van der Waals surface area (Å²) >= 11 is 7.72. The van der Waals surface area contributed by atoms with E-state index in [0.717, 1.165) is 58.9 Å². The van der Waals surface area contributed by atoms with Crippen LogP contribution in [0.3, 0.4) is 0 Å². The van der Waals surface area contributed by atoms with Crippen LogP contribution in [0.25, 0.3) is 16.0 Å². The second-order valence-electron chi connectivity index (χ2n) is 10.0. The third kappa shape index (κ3) is 3.66. The normalized spacial score (nSPS) is 23.8. The highest BCUT2D eigenvalue weighted by Gasteiger charge is 2.42. The molecule has 3 aliphatic rings. The van der Waals surface area contributed by atoms with Gasteiger partial charge >= 0.3 is 0 Å². The van der Waals surface area contributed by atoms with Gasteiger partial charge in [0.1, 0.15) is 0 Å². The Morgan fingerprint density at radius 1 is 1.20 bits per heavy atom. The van der Waals surface area contributed by atoms with E-state index in [1.165, 1.54) is 53.0 Å². The van der Waals surface area contributed by atoms with Gasteiger partial charge in [-0.05, 0) is 72.2 Å². The number of nitrogen functional groups attached to an aromatic ring is 1. The molecule has 0 radical (unpaired) electrons. The van der Waals surface area contributed by atoms with Crippen molar-refractivity contribution in [2.45, 2.75) is 51.6 Å². The molecule has 35 heavy (non-hydrogen) atoms. The number of pyridine rings is 1. The average molecular weight is 508 g/mol. The molecule has 11 heteroatoms. The Kier molecular flexibility index (Phi) is 4.97. The zero-order chi connectivity index (χ0) is 23.7. The fourth-order valence-electron chi connectivity index (χ4n) is 6.25. The molecule has 7 rings (SSSR count). The van der Waals surface area contributed by atoms with Crippen molar-refractivity contribution in [3.8, 4) is 5.82 Å². The average Bonchev–Trinajstić information content (AvgIpc) is 3.64. The number of nitrogens with two attached hydrogens (primary N) is 1. The molecule has 2 fully saturated rings. The number of thiophene rings is 1. The number of halogens is 1. The molecule has 4 aromatic heterocycles. The number of hydrogen-bond acceptors (Lipinski definition) is 9. The maximum atomic E-state index is 6.23. The first-order valence-electron chi connectivity index (χ1n) is 12.1. The molecule has 180 valence electrons. The predicted octanol–water partition coefficient (Wildman–Crippen LogP) is 4.50. The molecule has 4 aromatic rings. The minimum atomic E-state index is 0.150. The molecule has 2 aliphatic carbocycles. The van der Waals surface area contributed by atoms with Gasteiger partial charge in [-0.2, -0.15) is 14.6 Å². The first-order chi connectivity index (χ1) is 17.0. The molecule has 0 aromatic carbocycles. The summed E-state index contributed by atoms with van der Waals surface area (Å²) in [6.45, 7) is 4.07. The molecular weight excluding hydrogens is 482 g/mol. The van der Waals surface area contributed by atoms with Gasteiger partial charge in [-0.15, -0.1) is 16.4 Å². The van der Waals surface area contributed by atoms with Crippen molar-refractivity contribution < 1.29 is 0 Å². The monoisotopic (exact) mass is 507 g/mol. The minimum Gasteiger partial charge on any atom is -0.368 e. The fourth-order valence-corrected chi connectivity index (χ4v) is 7.38. The maximum Gasteiger partial charge on any atom is 0.248 e. The van der Waals surface area contributed by atoms with E-state index in [1.807, 2.05) is 18.5 Å². The molecule has 0 spiro atoms. The van der Waals surface area contributed by atoms with Crippen LogP contribution in [0.5, 0.6) is 0 Å². The SMILES string of the molecule is Cc1csc2c(-n3nc(Nc4cnc5c(c4)CN(C4CC6CCC4C6)CC5)nc3N)nc(Cl)nc12. The van der Waals surface area contributed by atoms with Crippen molar-refractivity contribution in [3.63, 3.8) is 0 Å². The number of fused-ring (bicyclic) bond motifs is 4. The number of hydrogen-bond donors (Lipinski definition) is 2. The predicted molar refractivity (Wildman–Crippen MR) is 137 cm³/mol. The third-order valence-corrected chi connectivity index (χ3v) is 9.13. The fraction of sp³-hybridized carbons (Fsp3) is 0.458. The Bertz CT molecular complexity index is 1450. The van der Waals surface area contributed by atoms with E-state index in [2.05, 4.69) is 36.3 Å². The van der Waals surface area contributed by atoms with Crippen LogP contribution >= 0.6 is 22.9 Å². The molecule has 5 heterocycles. The zero-order valence-corrected chi connectivity index (χ0v) is 21.0. The number of aromatic nitrogens is 6. The second-order valence-corrected chi connectivity index (χ2v) is 11.3. The van der Waals surface area contributed by atoms with E-state index >= 15 is 0 Å². The number of anilines is 3. The van der Waals surface area contributed by atoms with Crippen LogP contribution in [0.2, 0.25) is 5.28 Å². The van der Waals surface area contributed by atoms with E-state index in [-0.39, 0.29) is 11.2 Å².